The molecule has 0 radical (unpaired) electrons. The van der Waals surface area contributed by atoms with Gasteiger partial charge < -0.3 is 5.11 Å². The SMILES string of the molecule is C#CC1(O)C2CCCC1C(c1ccccc1)N(C)C2c1ccccc1. The molecule has 0 aromatic heterocycles. The van der Waals surface area contributed by atoms with Crippen molar-refractivity contribution in [2.75, 3.05) is 7.05 Å². The second-order valence-corrected chi connectivity index (χ2v) is 7.49. The number of terminal acetylenes is 1. The van der Waals surface area contributed by atoms with Gasteiger partial charge in [-0.2, -0.15) is 0 Å². The molecular formula is C23H25NO. The molecule has 4 atom stereocenters. The third-order valence-corrected chi connectivity index (χ3v) is 6.31. The Morgan fingerprint density at radius 1 is 0.920 bits per heavy atom. The van der Waals surface area contributed by atoms with Gasteiger partial charge in [0.1, 0.15) is 5.60 Å². The van der Waals surface area contributed by atoms with Crippen LogP contribution in [0.3, 0.4) is 0 Å². The molecule has 4 unspecified atom stereocenters. The summed E-state index contributed by atoms with van der Waals surface area (Å²) in [4.78, 5) is 2.45. The zero-order valence-corrected chi connectivity index (χ0v) is 14.7. The molecule has 1 saturated carbocycles. The molecule has 25 heavy (non-hydrogen) atoms. The van der Waals surface area contributed by atoms with E-state index in [1.165, 1.54) is 11.1 Å². The number of hydrogen-bond acceptors (Lipinski definition) is 2. The number of nitrogens with zero attached hydrogens (tertiary/aromatic N) is 1. The molecule has 0 amide bonds. The summed E-state index contributed by atoms with van der Waals surface area (Å²) >= 11 is 0. The lowest BCUT2D eigenvalue weighted by atomic mass is 9.58. The van der Waals surface area contributed by atoms with Crippen molar-refractivity contribution in [3.8, 4) is 12.3 Å². The van der Waals surface area contributed by atoms with E-state index < -0.39 is 5.60 Å². The first-order valence-corrected chi connectivity index (χ1v) is 9.19. The van der Waals surface area contributed by atoms with Crippen LogP contribution in [0.4, 0.5) is 0 Å². The number of hydrogen-bond donors (Lipinski definition) is 1. The smallest absolute Gasteiger partial charge is 0.134 e. The van der Waals surface area contributed by atoms with E-state index in [4.69, 9.17) is 6.42 Å². The number of rotatable bonds is 2. The van der Waals surface area contributed by atoms with Crippen molar-refractivity contribution in [3.63, 3.8) is 0 Å². The molecule has 2 bridgehead atoms. The molecule has 1 saturated heterocycles. The number of fused-ring (bicyclic) bond motifs is 2. The Bertz CT molecular complexity index is 708. The van der Waals surface area contributed by atoms with Gasteiger partial charge in [-0.25, -0.2) is 0 Å². The van der Waals surface area contributed by atoms with Gasteiger partial charge in [0.2, 0.25) is 0 Å². The first-order chi connectivity index (χ1) is 12.2. The summed E-state index contributed by atoms with van der Waals surface area (Å²) in [6.45, 7) is 0. The second kappa shape index (κ2) is 6.33. The lowest BCUT2D eigenvalue weighted by molar-refractivity contribution is -0.153. The van der Waals surface area contributed by atoms with Gasteiger partial charge in [-0.1, -0.05) is 73.0 Å². The highest BCUT2D eigenvalue weighted by molar-refractivity contribution is 5.33. The monoisotopic (exact) mass is 331 g/mol. The Kier molecular flexibility index (Phi) is 4.15. The molecular weight excluding hydrogens is 306 g/mol. The average Bonchev–Trinajstić information content (AvgIpc) is 2.65. The van der Waals surface area contributed by atoms with Gasteiger partial charge in [0.25, 0.3) is 0 Å². The minimum atomic E-state index is -1.05. The summed E-state index contributed by atoms with van der Waals surface area (Å²) in [6.07, 6.45) is 9.01. The highest BCUT2D eigenvalue weighted by Gasteiger charge is 2.58. The van der Waals surface area contributed by atoms with Crippen LogP contribution in [0.5, 0.6) is 0 Å². The number of aliphatic hydroxyl groups is 1. The lowest BCUT2D eigenvalue weighted by Gasteiger charge is -2.58. The highest BCUT2D eigenvalue weighted by Crippen LogP contribution is 2.57. The van der Waals surface area contributed by atoms with E-state index in [-0.39, 0.29) is 23.9 Å². The van der Waals surface area contributed by atoms with Crippen molar-refractivity contribution in [2.45, 2.75) is 36.9 Å². The summed E-state index contributed by atoms with van der Waals surface area (Å²) in [5, 5.41) is 11.6. The zero-order chi connectivity index (χ0) is 17.4. The van der Waals surface area contributed by atoms with Crippen LogP contribution >= 0.6 is 0 Å². The highest BCUT2D eigenvalue weighted by atomic mass is 16.3. The van der Waals surface area contributed by atoms with Crippen molar-refractivity contribution in [1.29, 1.82) is 0 Å². The lowest BCUT2D eigenvalue weighted by Crippen LogP contribution is -2.60. The normalized spacial score (nSPS) is 35.1. The predicted octanol–water partition coefficient (Wildman–Crippen LogP) is 4.20. The van der Waals surface area contributed by atoms with E-state index >= 15 is 0 Å². The van der Waals surface area contributed by atoms with Crippen LogP contribution in [0.15, 0.2) is 60.7 Å². The summed E-state index contributed by atoms with van der Waals surface area (Å²) in [6, 6.07) is 21.3. The van der Waals surface area contributed by atoms with Crippen molar-refractivity contribution in [3.05, 3.63) is 71.8 Å². The summed E-state index contributed by atoms with van der Waals surface area (Å²) in [5.41, 5.74) is 1.43. The maximum absolute atomic E-state index is 11.6. The molecule has 128 valence electrons. The van der Waals surface area contributed by atoms with Crippen LogP contribution in [0.2, 0.25) is 0 Å². The maximum atomic E-state index is 11.6. The van der Waals surface area contributed by atoms with E-state index in [9.17, 15) is 5.11 Å². The average molecular weight is 331 g/mol. The van der Waals surface area contributed by atoms with Crippen molar-refractivity contribution < 1.29 is 5.11 Å². The third-order valence-electron chi connectivity index (χ3n) is 6.31. The maximum Gasteiger partial charge on any atom is 0.134 e. The number of benzene rings is 2. The first kappa shape index (κ1) is 16.4. The summed E-state index contributed by atoms with van der Waals surface area (Å²) < 4.78 is 0. The second-order valence-electron chi connectivity index (χ2n) is 7.49. The predicted molar refractivity (Wildman–Crippen MR) is 101 cm³/mol. The van der Waals surface area contributed by atoms with Crippen molar-refractivity contribution in [1.82, 2.24) is 4.90 Å². The van der Waals surface area contributed by atoms with Gasteiger partial charge in [0, 0.05) is 23.9 Å². The molecule has 2 nitrogen and oxygen atoms in total. The fraction of sp³-hybridized carbons (Fsp3) is 0.391. The van der Waals surface area contributed by atoms with Crippen LogP contribution < -0.4 is 0 Å². The quantitative estimate of drug-likeness (QED) is 0.834. The molecule has 2 heteroatoms. The molecule has 4 rings (SSSR count). The van der Waals surface area contributed by atoms with E-state index in [0.29, 0.717) is 0 Å². The minimum Gasteiger partial charge on any atom is -0.377 e. The molecule has 2 aromatic carbocycles. The van der Waals surface area contributed by atoms with E-state index in [1.807, 2.05) is 12.1 Å². The van der Waals surface area contributed by atoms with Crippen LogP contribution in [0, 0.1) is 24.2 Å². The van der Waals surface area contributed by atoms with Gasteiger partial charge in [-0.3, -0.25) is 4.90 Å². The van der Waals surface area contributed by atoms with Crippen molar-refractivity contribution in [2.24, 2.45) is 11.8 Å². The van der Waals surface area contributed by atoms with Crippen molar-refractivity contribution >= 4 is 0 Å². The number of likely N-dealkylation sites (tertiary alicyclic amines) is 1. The van der Waals surface area contributed by atoms with Crippen LogP contribution in [0.1, 0.15) is 42.5 Å². The molecule has 1 aliphatic carbocycles. The summed E-state index contributed by atoms with van der Waals surface area (Å²) in [5.74, 6) is 2.98. The van der Waals surface area contributed by atoms with E-state index in [2.05, 4.69) is 66.4 Å². The Morgan fingerprint density at radius 2 is 1.36 bits per heavy atom. The molecule has 1 heterocycles. The van der Waals surface area contributed by atoms with Gasteiger partial charge in [0.05, 0.1) is 0 Å². The standard InChI is InChI=1S/C23H25NO/c1-3-23(25)19-15-10-16-20(23)22(18-13-8-5-9-14-18)24(2)21(19)17-11-6-4-7-12-17/h1,4-9,11-14,19-22,25H,10,15-16H2,2H3. The molecule has 2 fully saturated rings. The molecule has 1 N–H and O–H groups in total. The Balaban J connectivity index is 1.87. The van der Waals surface area contributed by atoms with E-state index in [0.717, 1.165) is 19.3 Å². The Morgan fingerprint density at radius 3 is 1.76 bits per heavy atom. The van der Waals surface area contributed by atoms with Crippen LogP contribution in [-0.2, 0) is 0 Å². The zero-order valence-electron chi connectivity index (χ0n) is 14.7. The number of piperidine rings is 1. The first-order valence-electron chi connectivity index (χ1n) is 9.19. The van der Waals surface area contributed by atoms with Gasteiger partial charge in [0.15, 0.2) is 0 Å². The Hall–Kier alpha value is -2.08. The topological polar surface area (TPSA) is 23.5 Å². The van der Waals surface area contributed by atoms with Crippen LogP contribution in [0.25, 0.3) is 0 Å². The van der Waals surface area contributed by atoms with Gasteiger partial charge >= 0.3 is 0 Å². The third kappa shape index (κ3) is 2.51. The largest absolute Gasteiger partial charge is 0.377 e. The summed E-state index contributed by atoms with van der Waals surface area (Å²) in [7, 11) is 2.19. The van der Waals surface area contributed by atoms with E-state index in [1.54, 1.807) is 0 Å². The molecule has 2 aliphatic rings. The molecule has 1 aliphatic heterocycles. The Labute approximate surface area is 150 Å². The van der Waals surface area contributed by atoms with Crippen LogP contribution in [-0.4, -0.2) is 22.7 Å². The molecule has 2 aromatic rings. The van der Waals surface area contributed by atoms with Gasteiger partial charge in [-0.05, 0) is 31.0 Å². The van der Waals surface area contributed by atoms with Gasteiger partial charge in [-0.15, -0.1) is 6.42 Å². The molecule has 0 spiro atoms. The fourth-order valence-electron chi connectivity index (χ4n) is 5.26. The minimum absolute atomic E-state index is 0.0728. The fourth-order valence-corrected chi connectivity index (χ4v) is 5.26.